The fourth-order valence-electron chi connectivity index (χ4n) is 5.37. The zero-order chi connectivity index (χ0) is 12.8. The minimum Gasteiger partial charge on any atom is -0.310 e. The van der Waals surface area contributed by atoms with Crippen molar-refractivity contribution >= 4 is 0 Å². The second-order valence-corrected chi connectivity index (χ2v) is 7.13. The van der Waals surface area contributed by atoms with E-state index in [1.165, 1.54) is 43.2 Å². The minimum absolute atomic E-state index is 0.810. The average Bonchev–Trinajstić information content (AvgIpc) is 3.08. The van der Waals surface area contributed by atoms with Gasteiger partial charge in [-0.15, -0.1) is 0 Å². The molecular formula is C18H25N. The van der Waals surface area contributed by atoms with Crippen molar-refractivity contribution in [2.24, 2.45) is 23.7 Å². The van der Waals surface area contributed by atoms with Crippen molar-refractivity contribution in [1.82, 2.24) is 5.32 Å². The molecule has 1 nitrogen and oxygen atoms in total. The predicted octanol–water partition coefficient (Wildman–Crippen LogP) is 3.91. The molecule has 19 heavy (non-hydrogen) atoms. The number of hydrogen-bond donors (Lipinski definition) is 1. The molecule has 1 heteroatoms. The first-order valence-electron chi connectivity index (χ1n) is 8.10. The van der Waals surface area contributed by atoms with Crippen molar-refractivity contribution in [2.75, 3.05) is 0 Å². The van der Waals surface area contributed by atoms with Gasteiger partial charge in [0.2, 0.25) is 0 Å². The lowest BCUT2D eigenvalue weighted by Crippen LogP contribution is -2.38. The maximum absolute atomic E-state index is 3.87. The summed E-state index contributed by atoms with van der Waals surface area (Å²) in [4.78, 5) is 0. The maximum Gasteiger partial charge on any atom is 0.0208 e. The fraction of sp³-hybridized carbons (Fsp3) is 0.667. The van der Waals surface area contributed by atoms with E-state index in [2.05, 4.69) is 36.5 Å². The average molecular weight is 255 g/mol. The molecule has 0 aliphatic heterocycles. The summed E-state index contributed by atoms with van der Waals surface area (Å²) in [7, 11) is 0. The molecule has 1 aromatic rings. The highest BCUT2D eigenvalue weighted by atomic mass is 14.9. The van der Waals surface area contributed by atoms with Gasteiger partial charge in [0.15, 0.2) is 0 Å². The third-order valence-electron chi connectivity index (χ3n) is 6.08. The zero-order valence-electron chi connectivity index (χ0n) is 11.9. The SMILES string of the molecule is Cc1cccc(CN[C@@H]2C[C@@H]3C[C@H]2[C@@H]2CCC[C@H]32)c1. The molecule has 0 spiro atoms. The molecule has 1 aromatic carbocycles. The summed E-state index contributed by atoms with van der Waals surface area (Å²) in [6.07, 6.45) is 7.55. The third kappa shape index (κ3) is 2.03. The van der Waals surface area contributed by atoms with Crippen LogP contribution in [0.25, 0.3) is 0 Å². The Morgan fingerprint density at radius 1 is 1.11 bits per heavy atom. The van der Waals surface area contributed by atoms with Gasteiger partial charge in [-0.05, 0) is 61.8 Å². The van der Waals surface area contributed by atoms with Gasteiger partial charge >= 0.3 is 0 Å². The highest BCUT2D eigenvalue weighted by Gasteiger charge is 2.53. The molecule has 0 heterocycles. The molecule has 5 atom stereocenters. The van der Waals surface area contributed by atoms with Gasteiger partial charge in [0, 0.05) is 12.6 Å². The van der Waals surface area contributed by atoms with Crippen LogP contribution in [0.3, 0.4) is 0 Å². The Kier molecular flexibility index (Phi) is 2.91. The zero-order valence-corrected chi connectivity index (χ0v) is 11.9. The molecule has 0 amide bonds. The Bertz CT molecular complexity index is 467. The molecule has 3 aliphatic rings. The maximum atomic E-state index is 3.87. The van der Waals surface area contributed by atoms with Gasteiger partial charge in [-0.1, -0.05) is 36.2 Å². The lowest BCUT2D eigenvalue weighted by molar-refractivity contribution is 0.208. The minimum atomic E-state index is 0.810. The second kappa shape index (κ2) is 4.63. The van der Waals surface area contributed by atoms with Gasteiger partial charge in [0.25, 0.3) is 0 Å². The molecular weight excluding hydrogens is 230 g/mol. The Labute approximate surface area is 116 Å². The topological polar surface area (TPSA) is 12.0 Å². The van der Waals surface area contributed by atoms with E-state index < -0.39 is 0 Å². The van der Waals surface area contributed by atoms with Crippen LogP contribution in [0.1, 0.15) is 43.2 Å². The molecule has 3 fully saturated rings. The summed E-state index contributed by atoms with van der Waals surface area (Å²) in [6.45, 7) is 3.25. The number of fused-ring (bicyclic) bond motifs is 5. The monoisotopic (exact) mass is 255 g/mol. The molecule has 0 saturated heterocycles. The Balaban J connectivity index is 1.40. The highest BCUT2D eigenvalue weighted by Crippen LogP contribution is 2.58. The van der Waals surface area contributed by atoms with Gasteiger partial charge in [0.1, 0.15) is 0 Å². The summed E-state index contributed by atoms with van der Waals surface area (Å²) in [5.41, 5.74) is 2.83. The third-order valence-corrected chi connectivity index (χ3v) is 6.08. The standard InChI is InChI=1S/C18H25N/c1-12-4-2-5-13(8-12)11-19-18-10-14-9-17(18)16-7-3-6-15(14)16/h2,4-5,8,14-19H,3,6-7,9-11H2,1H3/t14-,15+,16+,17-,18+/m0/s1. The van der Waals surface area contributed by atoms with Crippen LogP contribution in [0.4, 0.5) is 0 Å². The number of hydrogen-bond acceptors (Lipinski definition) is 1. The summed E-state index contributed by atoms with van der Waals surface area (Å²) < 4.78 is 0. The van der Waals surface area contributed by atoms with Gasteiger partial charge in [0.05, 0.1) is 0 Å². The van der Waals surface area contributed by atoms with E-state index in [0.717, 1.165) is 36.3 Å². The molecule has 1 N–H and O–H groups in total. The quantitative estimate of drug-likeness (QED) is 0.863. The molecule has 4 rings (SSSR count). The first kappa shape index (κ1) is 12.0. The molecule has 0 unspecified atom stereocenters. The van der Waals surface area contributed by atoms with Gasteiger partial charge < -0.3 is 5.32 Å². The first-order valence-corrected chi connectivity index (χ1v) is 8.10. The van der Waals surface area contributed by atoms with Gasteiger partial charge in [-0.3, -0.25) is 0 Å². The largest absolute Gasteiger partial charge is 0.310 e. The van der Waals surface area contributed by atoms with Crippen LogP contribution in [0, 0.1) is 30.6 Å². The molecule has 0 aromatic heterocycles. The Morgan fingerprint density at radius 2 is 2.00 bits per heavy atom. The van der Waals surface area contributed by atoms with Crippen molar-refractivity contribution in [1.29, 1.82) is 0 Å². The second-order valence-electron chi connectivity index (χ2n) is 7.13. The number of nitrogens with one attached hydrogen (secondary N) is 1. The van der Waals surface area contributed by atoms with Crippen LogP contribution in [-0.4, -0.2) is 6.04 Å². The molecule has 2 bridgehead atoms. The van der Waals surface area contributed by atoms with Crippen molar-refractivity contribution in [3.8, 4) is 0 Å². The van der Waals surface area contributed by atoms with E-state index in [9.17, 15) is 0 Å². The van der Waals surface area contributed by atoms with Crippen molar-refractivity contribution < 1.29 is 0 Å². The van der Waals surface area contributed by atoms with E-state index in [-0.39, 0.29) is 0 Å². The summed E-state index contributed by atoms with van der Waals surface area (Å²) in [6, 6.07) is 9.75. The molecule has 3 saturated carbocycles. The van der Waals surface area contributed by atoms with Crippen molar-refractivity contribution in [3.05, 3.63) is 35.4 Å². The van der Waals surface area contributed by atoms with Crippen LogP contribution < -0.4 is 5.32 Å². The van der Waals surface area contributed by atoms with Crippen LogP contribution in [0.15, 0.2) is 24.3 Å². The normalized spacial score (nSPS) is 39.7. The van der Waals surface area contributed by atoms with Gasteiger partial charge in [-0.2, -0.15) is 0 Å². The van der Waals surface area contributed by atoms with E-state index in [4.69, 9.17) is 0 Å². The smallest absolute Gasteiger partial charge is 0.0208 e. The first-order chi connectivity index (χ1) is 9.31. The van der Waals surface area contributed by atoms with E-state index in [0.29, 0.717) is 0 Å². The molecule has 0 radical (unpaired) electrons. The highest BCUT2D eigenvalue weighted by molar-refractivity contribution is 5.22. The number of aryl methyl sites for hydroxylation is 1. The van der Waals surface area contributed by atoms with Crippen LogP contribution >= 0.6 is 0 Å². The van der Waals surface area contributed by atoms with Crippen LogP contribution in [-0.2, 0) is 6.54 Å². The van der Waals surface area contributed by atoms with E-state index in [1.807, 2.05) is 0 Å². The van der Waals surface area contributed by atoms with Crippen LogP contribution in [0.2, 0.25) is 0 Å². The fourth-order valence-corrected chi connectivity index (χ4v) is 5.37. The number of benzene rings is 1. The van der Waals surface area contributed by atoms with Crippen molar-refractivity contribution in [2.45, 2.75) is 51.6 Å². The molecule has 102 valence electrons. The van der Waals surface area contributed by atoms with Crippen molar-refractivity contribution in [3.63, 3.8) is 0 Å². The number of rotatable bonds is 3. The Hall–Kier alpha value is -0.820. The van der Waals surface area contributed by atoms with Crippen LogP contribution in [0.5, 0.6) is 0 Å². The van der Waals surface area contributed by atoms with E-state index >= 15 is 0 Å². The van der Waals surface area contributed by atoms with E-state index in [1.54, 1.807) is 0 Å². The summed E-state index contributed by atoms with van der Waals surface area (Å²) in [5.74, 6) is 4.26. The summed E-state index contributed by atoms with van der Waals surface area (Å²) in [5, 5.41) is 3.87. The lowest BCUT2D eigenvalue weighted by Gasteiger charge is -2.32. The predicted molar refractivity (Wildman–Crippen MR) is 78.9 cm³/mol. The van der Waals surface area contributed by atoms with Gasteiger partial charge in [-0.25, -0.2) is 0 Å². The molecule has 3 aliphatic carbocycles. The summed E-state index contributed by atoms with van der Waals surface area (Å²) >= 11 is 0. The Morgan fingerprint density at radius 3 is 2.89 bits per heavy atom. The lowest BCUT2D eigenvalue weighted by atomic mass is 9.79.